The summed E-state index contributed by atoms with van der Waals surface area (Å²) < 4.78 is 0. The molecular weight excluding hydrogens is 396 g/mol. The number of aliphatic hydroxyl groups is 1. The summed E-state index contributed by atoms with van der Waals surface area (Å²) in [7, 11) is 0. The number of hydrogen-bond acceptors (Lipinski definition) is 3. The summed E-state index contributed by atoms with van der Waals surface area (Å²) in [5, 5.41) is 13.4. The van der Waals surface area contributed by atoms with Crippen LogP contribution in [-0.2, 0) is 18.4 Å². The Morgan fingerprint density at radius 3 is 2.37 bits per heavy atom. The highest BCUT2D eigenvalue weighted by atomic mass is 35.5. The Labute approximate surface area is 182 Å². The fourth-order valence-corrected chi connectivity index (χ4v) is 3.91. The summed E-state index contributed by atoms with van der Waals surface area (Å²) in [6.45, 7) is 2.55. The van der Waals surface area contributed by atoms with Gasteiger partial charge in [-0.1, -0.05) is 73.1 Å². The molecule has 4 N–H and O–H groups in total. The van der Waals surface area contributed by atoms with E-state index in [1.807, 2.05) is 78.9 Å². The van der Waals surface area contributed by atoms with Crippen LogP contribution < -0.4 is 11.1 Å². The highest BCUT2D eigenvalue weighted by Gasteiger charge is 2.29. The van der Waals surface area contributed by atoms with Crippen LogP contribution in [0.15, 0.2) is 78.9 Å². The fourth-order valence-electron chi connectivity index (χ4n) is 3.72. The maximum atomic E-state index is 12.4. The van der Waals surface area contributed by atoms with Crippen molar-refractivity contribution < 1.29 is 9.90 Å². The van der Waals surface area contributed by atoms with Gasteiger partial charge in [-0.15, -0.1) is 0 Å². The van der Waals surface area contributed by atoms with Crippen LogP contribution in [0.25, 0.3) is 0 Å². The van der Waals surface area contributed by atoms with E-state index in [4.69, 9.17) is 17.3 Å². The number of carbonyl (C=O) groups is 1. The van der Waals surface area contributed by atoms with Crippen molar-refractivity contribution >= 4 is 17.5 Å². The van der Waals surface area contributed by atoms with Crippen molar-refractivity contribution in [1.82, 2.24) is 5.32 Å². The molecule has 0 radical (unpaired) electrons. The van der Waals surface area contributed by atoms with Crippen LogP contribution in [0.3, 0.4) is 0 Å². The first-order valence-electron chi connectivity index (χ1n) is 9.96. The van der Waals surface area contributed by atoms with Crippen LogP contribution in [0.2, 0.25) is 5.02 Å². The van der Waals surface area contributed by atoms with Crippen LogP contribution in [0, 0.1) is 0 Å². The summed E-state index contributed by atoms with van der Waals surface area (Å²) in [6.07, 6.45) is 0.122. The number of rotatable bonds is 8. The molecule has 0 spiro atoms. The maximum absolute atomic E-state index is 12.4. The lowest BCUT2D eigenvalue weighted by molar-refractivity contribution is 0.0951. The minimum absolute atomic E-state index is 0.111. The van der Waals surface area contributed by atoms with Crippen LogP contribution in [0.4, 0.5) is 0 Å². The Kier molecular flexibility index (Phi) is 7.27. The van der Waals surface area contributed by atoms with Crippen molar-refractivity contribution in [3.63, 3.8) is 0 Å². The molecule has 3 rings (SSSR count). The topological polar surface area (TPSA) is 75.4 Å². The highest BCUT2D eigenvalue weighted by molar-refractivity contribution is 6.30. The van der Waals surface area contributed by atoms with Gasteiger partial charge < -0.3 is 16.2 Å². The average Bonchev–Trinajstić information content (AvgIpc) is 2.73. The highest BCUT2D eigenvalue weighted by Crippen LogP contribution is 2.33. The Balaban J connectivity index is 1.71. The van der Waals surface area contributed by atoms with Crippen LogP contribution in [0.5, 0.6) is 0 Å². The maximum Gasteiger partial charge on any atom is 0.251 e. The normalized spacial score (nSPS) is 14.0. The van der Waals surface area contributed by atoms with Crippen LogP contribution >= 0.6 is 11.6 Å². The quantitative estimate of drug-likeness (QED) is 0.470. The smallest absolute Gasteiger partial charge is 0.251 e. The van der Waals surface area contributed by atoms with Crippen molar-refractivity contribution in [3.05, 3.63) is 106 Å². The summed E-state index contributed by atoms with van der Waals surface area (Å²) in [5.41, 5.74) is 9.07. The van der Waals surface area contributed by atoms with Crippen molar-refractivity contribution in [2.24, 2.45) is 5.73 Å². The molecule has 5 heteroatoms. The van der Waals surface area contributed by atoms with Gasteiger partial charge in [-0.3, -0.25) is 4.79 Å². The van der Waals surface area contributed by atoms with Gasteiger partial charge in [-0.25, -0.2) is 0 Å². The first-order valence-corrected chi connectivity index (χ1v) is 10.3. The predicted molar refractivity (Wildman–Crippen MR) is 121 cm³/mol. The number of carbonyl (C=O) groups excluding carboxylic acids is 1. The lowest BCUT2D eigenvalue weighted by atomic mass is 9.74. The van der Waals surface area contributed by atoms with E-state index >= 15 is 0 Å². The molecular formula is C25H27ClN2O2. The van der Waals surface area contributed by atoms with E-state index in [1.54, 1.807) is 0 Å². The minimum Gasteiger partial charge on any atom is -0.379 e. The molecule has 4 nitrogen and oxygen atoms in total. The van der Waals surface area contributed by atoms with Crippen molar-refractivity contribution in [2.75, 3.05) is 0 Å². The van der Waals surface area contributed by atoms with E-state index in [1.165, 1.54) is 0 Å². The molecule has 0 aromatic heterocycles. The average molecular weight is 423 g/mol. The van der Waals surface area contributed by atoms with Gasteiger partial charge in [0.1, 0.15) is 6.23 Å². The number of benzene rings is 3. The zero-order valence-corrected chi connectivity index (χ0v) is 17.8. The van der Waals surface area contributed by atoms with E-state index < -0.39 is 11.6 Å². The number of nitrogens with one attached hydrogen (secondary N) is 1. The molecule has 3 aromatic carbocycles. The second-order valence-corrected chi connectivity index (χ2v) is 8.32. The zero-order valence-electron chi connectivity index (χ0n) is 17.0. The predicted octanol–water partition coefficient (Wildman–Crippen LogP) is 4.44. The minimum atomic E-state index is -0.933. The molecule has 0 heterocycles. The molecule has 156 valence electrons. The van der Waals surface area contributed by atoms with Gasteiger partial charge in [0.25, 0.3) is 5.91 Å². The van der Waals surface area contributed by atoms with E-state index in [-0.39, 0.29) is 5.91 Å². The number of halogens is 1. The first-order chi connectivity index (χ1) is 14.4. The van der Waals surface area contributed by atoms with Crippen molar-refractivity contribution in [2.45, 2.75) is 38.0 Å². The Bertz CT molecular complexity index is 974. The fraction of sp³-hybridized carbons (Fsp3) is 0.240. The standard InChI is InChI=1S/C25H27ClN2O2/c1-25(16-23(27)29,21-8-5-9-22(26)14-21)15-18-10-12-20(13-11-18)24(30)28-17-19-6-3-2-4-7-19/h2-14,23,29H,15-17,27H2,1H3,(H,28,30)/t23-,25?/m1/s1. The third-order valence-electron chi connectivity index (χ3n) is 5.29. The van der Waals surface area contributed by atoms with Gasteiger partial charge in [0.05, 0.1) is 0 Å². The van der Waals surface area contributed by atoms with Gasteiger partial charge in [-0.05, 0) is 53.8 Å². The lowest BCUT2D eigenvalue weighted by Crippen LogP contribution is -2.34. The van der Waals surface area contributed by atoms with Crippen molar-refractivity contribution in [1.29, 1.82) is 0 Å². The number of hydrogen-bond donors (Lipinski definition) is 3. The molecule has 0 aliphatic rings. The van der Waals surface area contributed by atoms with Gasteiger partial charge in [0, 0.05) is 22.5 Å². The third kappa shape index (κ3) is 5.92. The Morgan fingerprint density at radius 2 is 1.73 bits per heavy atom. The third-order valence-corrected chi connectivity index (χ3v) is 5.52. The molecule has 1 amide bonds. The second-order valence-electron chi connectivity index (χ2n) is 7.88. The molecule has 0 aliphatic heterocycles. The molecule has 0 aliphatic carbocycles. The lowest BCUT2D eigenvalue weighted by Gasteiger charge is -2.32. The second kappa shape index (κ2) is 9.90. The van der Waals surface area contributed by atoms with E-state index in [9.17, 15) is 9.90 Å². The molecule has 0 saturated heterocycles. The first kappa shape index (κ1) is 22.0. The van der Waals surface area contributed by atoms with Crippen molar-refractivity contribution in [3.8, 4) is 0 Å². The van der Waals surface area contributed by atoms with E-state index in [0.717, 1.165) is 16.7 Å². The van der Waals surface area contributed by atoms with E-state index in [2.05, 4.69) is 12.2 Å². The SMILES string of the molecule is CC(Cc1ccc(C(=O)NCc2ccccc2)cc1)(C[C@H](N)O)c1cccc(Cl)c1. The largest absolute Gasteiger partial charge is 0.379 e. The zero-order chi connectivity index (χ0) is 21.6. The summed E-state index contributed by atoms with van der Waals surface area (Å²) >= 11 is 6.18. The summed E-state index contributed by atoms with van der Waals surface area (Å²) in [6, 6.07) is 25.0. The molecule has 1 unspecified atom stereocenters. The van der Waals surface area contributed by atoms with Gasteiger partial charge in [-0.2, -0.15) is 0 Å². The summed E-state index contributed by atoms with van der Waals surface area (Å²) in [4.78, 5) is 12.4. The number of aliphatic hydroxyl groups excluding tert-OH is 1. The number of nitrogens with two attached hydrogens (primary N) is 1. The van der Waals surface area contributed by atoms with Gasteiger partial charge >= 0.3 is 0 Å². The Hall–Kier alpha value is -2.66. The Morgan fingerprint density at radius 1 is 1.03 bits per heavy atom. The molecule has 0 bridgehead atoms. The molecule has 0 saturated carbocycles. The molecule has 30 heavy (non-hydrogen) atoms. The summed E-state index contributed by atoms with van der Waals surface area (Å²) in [5.74, 6) is -0.111. The number of amides is 1. The molecule has 3 aromatic rings. The molecule has 2 atom stereocenters. The van der Waals surface area contributed by atoms with Gasteiger partial charge in [0.2, 0.25) is 0 Å². The van der Waals surface area contributed by atoms with Crippen LogP contribution in [-0.4, -0.2) is 17.2 Å². The monoisotopic (exact) mass is 422 g/mol. The van der Waals surface area contributed by atoms with Crippen LogP contribution in [0.1, 0.15) is 40.4 Å². The van der Waals surface area contributed by atoms with Gasteiger partial charge in [0.15, 0.2) is 0 Å². The molecule has 0 fully saturated rings. The van der Waals surface area contributed by atoms with E-state index in [0.29, 0.717) is 30.0 Å².